The van der Waals surface area contributed by atoms with Crippen molar-refractivity contribution in [3.63, 3.8) is 0 Å². The summed E-state index contributed by atoms with van der Waals surface area (Å²) in [6, 6.07) is 8.99. The maximum Gasteiger partial charge on any atom is 0.272 e. The monoisotopic (exact) mass is 308 g/mol. The van der Waals surface area contributed by atoms with Crippen molar-refractivity contribution < 1.29 is 9.53 Å². The highest BCUT2D eigenvalue weighted by molar-refractivity contribution is 9.10. The molecule has 1 heterocycles. The van der Waals surface area contributed by atoms with E-state index < -0.39 is 0 Å². The van der Waals surface area contributed by atoms with Crippen LogP contribution in [-0.4, -0.2) is 17.5 Å². The topological polar surface area (TPSA) is 54.1 Å². The van der Waals surface area contributed by atoms with Gasteiger partial charge in [0.2, 0.25) is 0 Å². The number of nitrogens with one attached hydrogen (secondary N) is 2. The second-order valence-corrected chi connectivity index (χ2v) is 4.56. The molecule has 0 aliphatic rings. The Bertz CT molecular complexity index is 534. The number of carbonyl (C=O) groups excluding carboxylic acids is 1. The van der Waals surface area contributed by atoms with Crippen LogP contribution in [0.1, 0.15) is 17.4 Å². The SMILES string of the molecule is CCOc1ccc(NC(=O)c2cc(Br)c[nH]2)cc1. The molecule has 5 heteroatoms. The first kappa shape index (κ1) is 12.7. The standard InChI is InChI=1S/C13H13BrN2O2/c1-2-18-11-5-3-10(4-6-11)16-13(17)12-7-9(14)8-15-12/h3-8,15H,2H2,1H3,(H,16,17). The number of ether oxygens (including phenoxy) is 1. The molecule has 94 valence electrons. The summed E-state index contributed by atoms with van der Waals surface area (Å²) in [5.74, 6) is 0.614. The molecular weight excluding hydrogens is 296 g/mol. The fourth-order valence-electron chi connectivity index (χ4n) is 1.50. The third-order valence-electron chi connectivity index (χ3n) is 2.32. The van der Waals surface area contributed by atoms with Crippen LogP contribution in [0.15, 0.2) is 41.0 Å². The lowest BCUT2D eigenvalue weighted by Gasteiger charge is -2.06. The maximum absolute atomic E-state index is 11.8. The molecule has 0 aliphatic carbocycles. The van der Waals surface area contributed by atoms with Gasteiger partial charge in [-0.3, -0.25) is 4.79 Å². The molecule has 2 aromatic rings. The van der Waals surface area contributed by atoms with E-state index in [1.54, 1.807) is 24.4 Å². The number of hydrogen-bond donors (Lipinski definition) is 2. The summed E-state index contributed by atoms with van der Waals surface area (Å²) in [6.07, 6.45) is 1.72. The van der Waals surface area contributed by atoms with Gasteiger partial charge in [-0.05, 0) is 53.2 Å². The van der Waals surface area contributed by atoms with Crippen LogP contribution in [0.3, 0.4) is 0 Å². The molecule has 18 heavy (non-hydrogen) atoms. The maximum atomic E-state index is 11.8. The molecule has 1 aromatic carbocycles. The highest BCUT2D eigenvalue weighted by atomic mass is 79.9. The zero-order valence-corrected chi connectivity index (χ0v) is 11.5. The molecule has 0 radical (unpaired) electrons. The van der Waals surface area contributed by atoms with Crippen LogP contribution in [0.4, 0.5) is 5.69 Å². The number of benzene rings is 1. The Labute approximate surface area is 113 Å². The minimum Gasteiger partial charge on any atom is -0.494 e. The summed E-state index contributed by atoms with van der Waals surface area (Å²) in [5, 5.41) is 2.79. The van der Waals surface area contributed by atoms with Gasteiger partial charge < -0.3 is 15.0 Å². The lowest BCUT2D eigenvalue weighted by molar-refractivity contribution is 0.102. The molecule has 0 spiro atoms. The van der Waals surface area contributed by atoms with Crippen LogP contribution < -0.4 is 10.1 Å². The van der Waals surface area contributed by atoms with Gasteiger partial charge in [-0.2, -0.15) is 0 Å². The Morgan fingerprint density at radius 2 is 2.11 bits per heavy atom. The summed E-state index contributed by atoms with van der Waals surface area (Å²) in [4.78, 5) is 14.7. The molecule has 0 aliphatic heterocycles. The summed E-state index contributed by atoms with van der Waals surface area (Å²) < 4.78 is 6.18. The molecular formula is C13H13BrN2O2. The van der Waals surface area contributed by atoms with E-state index in [1.165, 1.54) is 0 Å². The number of hydrogen-bond acceptors (Lipinski definition) is 2. The van der Waals surface area contributed by atoms with E-state index >= 15 is 0 Å². The van der Waals surface area contributed by atoms with Gasteiger partial charge in [0.05, 0.1) is 6.61 Å². The van der Waals surface area contributed by atoms with E-state index in [9.17, 15) is 4.79 Å². The van der Waals surface area contributed by atoms with E-state index in [-0.39, 0.29) is 5.91 Å². The number of aromatic nitrogens is 1. The van der Waals surface area contributed by atoms with Crippen LogP contribution in [0.2, 0.25) is 0 Å². The first-order valence-corrected chi connectivity index (χ1v) is 6.36. The number of H-pyrrole nitrogens is 1. The van der Waals surface area contributed by atoms with Crippen molar-refractivity contribution in [2.45, 2.75) is 6.92 Å². The molecule has 4 nitrogen and oxygen atoms in total. The highest BCUT2D eigenvalue weighted by Crippen LogP contribution is 2.17. The van der Waals surface area contributed by atoms with Gasteiger partial charge in [0.25, 0.3) is 5.91 Å². The third-order valence-corrected chi connectivity index (χ3v) is 2.77. The number of aromatic amines is 1. The predicted molar refractivity (Wildman–Crippen MR) is 74.1 cm³/mol. The summed E-state index contributed by atoms with van der Waals surface area (Å²) in [7, 11) is 0. The number of anilines is 1. The molecule has 1 aromatic heterocycles. The smallest absolute Gasteiger partial charge is 0.272 e. The van der Waals surface area contributed by atoms with Gasteiger partial charge in [-0.15, -0.1) is 0 Å². The summed E-state index contributed by atoms with van der Waals surface area (Å²) in [6.45, 7) is 2.56. The van der Waals surface area contributed by atoms with Crippen molar-refractivity contribution >= 4 is 27.5 Å². The fourth-order valence-corrected chi connectivity index (χ4v) is 1.84. The highest BCUT2D eigenvalue weighted by Gasteiger charge is 2.07. The normalized spacial score (nSPS) is 10.1. The summed E-state index contributed by atoms with van der Waals surface area (Å²) >= 11 is 3.28. The van der Waals surface area contributed by atoms with Crippen LogP contribution in [0.5, 0.6) is 5.75 Å². The van der Waals surface area contributed by atoms with E-state index in [1.807, 2.05) is 19.1 Å². The first-order chi connectivity index (χ1) is 8.69. The Morgan fingerprint density at radius 1 is 1.39 bits per heavy atom. The Balaban J connectivity index is 2.03. The average molecular weight is 309 g/mol. The van der Waals surface area contributed by atoms with Crippen LogP contribution >= 0.6 is 15.9 Å². The molecule has 0 saturated carbocycles. The predicted octanol–water partition coefficient (Wildman–Crippen LogP) is 3.43. The van der Waals surface area contributed by atoms with Crippen molar-refractivity contribution in [3.05, 3.63) is 46.7 Å². The Morgan fingerprint density at radius 3 is 2.67 bits per heavy atom. The molecule has 0 bridgehead atoms. The van der Waals surface area contributed by atoms with Crippen molar-refractivity contribution in [2.75, 3.05) is 11.9 Å². The van der Waals surface area contributed by atoms with E-state index in [0.29, 0.717) is 12.3 Å². The van der Waals surface area contributed by atoms with Crippen LogP contribution in [-0.2, 0) is 0 Å². The van der Waals surface area contributed by atoms with Gasteiger partial charge in [-0.25, -0.2) is 0 Å². The fraction of sp³-hybridized carbons (Fsp3) is 0.154. The largest absolute Gasteiger partial charge is 0.494 e. The molecule has 1 amide bonds. The zero-order chi connectivity index (χ0) is 13.0. The van der Waals surface area contributed by atoms with Crippen molar-refractivity contribution in [2.24, 2.45) is 0 Å². The minimum atomic E-state index is -0.176. The van der Waals surface area contributed by atoms with E-state index in [0.717, 1.165) is 15.9 Å². The summed E-state index contributed by atoms with van der Waals surface area (Å²) in [5.41, 5.74) is 1.24. The number of halogens is 1. The van der Waals surface area contributed by atoms with Crippen molar-refractivity contribution in [1.82, 2.24) is 4.98 Å². The second kappa shape index (κ2) is 5.73. The Kier molecular flexibility index (Phi) is 4.04. The van der Waals surface area contributed by atoms with Gasteiger partial charge in [0, 0.05) is 16.4 Å². The van der Waals surface area contributed by atoms with E-state index in [4.69, 9.17) is 4.74 Å². The van der Waals surface area contributed by atoms with Gasteiger partial charge in [-0.1, -0.05) is 0 Å². The van der Waals surface area contributed by atoms with Gasteiger partial charge in [0.15, 0.2) is 0 Å². The molecule has 2 N–H and O–H groups in total. The molecule has 0 saturated heterocycles. The number of amides is 1. The second-order valence-electron chi connectivity index (χ2n) is 3.64. The van der Waals surface area contributed by atoms with Crippen LogP contribution in [0, 0.1) is 0 Å². The average Bonchev–Trinajstić information content (AvgIpc) is 2.79. The van der Waals surface area contributed by atoms with Gasteiger partial charge >= 0.3 is 0 Å². The van der Waals surface area contributed by atoms with Gasteiger partial charge in [0.1, 0.15) is 11.4 Å². The minimum absolute atomic E-state index is 0.176. The molecule has 0 unspecified atom stereocenters. The molecule has 0 atom stereocenters. The third kappa shape index (κ3) is 3.13. The lowest BCUT2D eigenvalue weighted by atomic mass is 10.3. The van der Waals surface area contributed by atoms with Crippen molar-refractivity contribution in [1.29, 1.82) is 0 Å². The first-order valence-electron chi connectivity index (χ1n) is 5.57. The Hall–Kier alpha value is -1.75. The number of rotatable bonds is 4. The quantitative estimate of drug-likeness (QED) is 0.909. The lowest BCUT2D eigenvalue weighted by Crippen LogP contribution is -2.11. The van der Waals surface area contributed by atoms with Crippen LogP contribution in [0.25, 0.3) is 0 Å². The number of carbonyl (C=O) groups is 1. The van der Waals surface area contributed by atoms with E-state index in [2.05, 4.69) is 26.2 Å². The molecule has 0 fully saturated rings. The zero-order valence-electron chi connectivity index (χ0n) is 9.87. The van der Waals surface area contributed by atoms with Crippen molar-refractivity contribution in [3.8, 4) is 5.75 Å². The molecule has 2 rings (SSSR count).